The topological polar surface area (TPSA) is 35.5 Å². The minimum Gasteiger partial charge on any atom is -0.410 e. The quantitative estimate of drug-likeness (QED) is 0.471. The van der Waals surface area contributed by atoms with E-state index < -0.39 is 16.6 Å². The molecule has 1 saturated carbocycles. The molecule has 1 rings (SSSR count). The van der Waals surface area contributed by atoms with E-state index in [2.05, 4.69) is 74.3 Å². The van der Waals surface area contributed by atoms with Gasteiger partial charge in [-0.2, -0.15) is 0 Å². The third-order valence-corrected chi connectivity index (χ3v) is 15.1. The van der Waals surface area contributed by atoms with E-state index in [1.165, 1.54) is 0 Å². The second kappa shape index (κ2) is 6.82. The lowest BCUT2D eigenvalue weighted by molar-refractivity contribution is -0.123. The summed E-state index contributed by atoms with van der Waals surface area (Å²) in [7, 11) is -3.89. The summed E-state index contributed by atoms with van der Waals surface area (Å²) < 4.78 is 13.0. The van der Waals surface area contributed by atoms with Crippen LogP contribution >= 0.6 is 0 Å². The minimum absolute atomic E-state index is 0.115. The molecule has 0 aromatic carbocycles. The number of hydrogen-bond donors (Lipinski definition) is 0. The van der Waals surface area contributed by atoms with E-state index in [9.17, 15) is 4.79 Å². The highest BCUT2D eigenvalue weighted by Gasteiger charge is 2.45. The fourth-order valence-electron chi connectivity index (χ4n) is 2.27. The Morgan fingerprint density at radius 2 is 1.12 bits per heavy atom. The number of ketones is 1. The summed E-state index contributed by atoms with van der Waals surface area (Å²) in [6, 6.07) is 0. The van der Waals surface area contributed by atoms with Crippen LogP contribution in [-0.2, 0) is 13.6 Å². The van der Waals surface area contributed by atoms with Gasteiger partial charge in [-0.05, 0) is 41.8 Å². The van der Waals surface area contributed by atoms with E-state index in [1.54, 1.807) is 0 Å². The van der Waals surface area contributed by atoms with Gasteiger partial charge in [0.2, 0.25) is 0 Å². The van der Waals surface area contributed by atoms with E-state index in [1.807, 2.05) is 0 Å². The SMILES string of the molecule is C=C1[C@@H](O[Si](C)(C)C(C)(C)C)CC(=O)C[C@H]1O[Si](C)(C)C(C)(C)C. The first-order chi connectivity index (χ1) is 10.5. The number of carbonyl (C=O) groups is 1. The standard InChI is InChI=1S/C19H38O3Si2/c1-14-16(21-23(8,9)18(2,3)4)12-15(20)13-17(14)22-24(10,11)19(5,6)7/h16-17H,1,12-13H2,2-11H3/t16-,17+. The second-order valence-corrected chi connectivity index (χ2v) is 19.8. The number of hydrogen-bond acceptors (Lipinski definition) is 3. The molecule has 0 amide bonds. The summed E-state index contributed by atoms with van der Waals surface area (Å²) in [6.07, 6.45) is 0.509. The third-order valence-electron chi connectivity index (χ3n) is 6.14. The molecule has 1 aliphatic rings. The van der Waals surface area contributed by atoms with Crippen molar-refractivity contribution < 1.29 is 13.6 Å². The molecule has 140 valence electrons. The Kier molecular flexibility index (Phi) is 6.20. The van der Waals surface area contributed by atoms with Crippen LogP contribution in [0.2, 0.25) is 36.3 Å². The fraction of sp³-hybridized carbons (Fsp3) is 0.842. The summed E-state index contributed by atoms with van der Waals surface area (Å²) in [4.78, 5) is 12.3. The Hall–Kier alpha value is -0.236. The van der Waals surface area contributed by atoms with Crippen molar-refractivity contribution in [2.75, 3.05) is 0 Å². The zero-order valence-corrected chi connectivity index (χ0v) is 19.5. The van der Waals surface area contributed by atoms with Gasteiger partial charge in [-0.3, -0.25) is 4.79 Å². The van der Waals surface area contributed by atoms with Gasteiger partial charge in [0, 0.05) is 12.8 Å². The van der Waals surface area contributed by atoms with Crippen LogP contribution in [0.4, 0.5) is 0 Å². The zero-order chi connectivity index (χ0) is 19.1. The lowest BCUT2D eigenvalue weighted by atomic mass is 9.90. The number of carbonyl (C=O) groups excluding carboxylic acids is 1. The maximum absolute atomic E-state index is 12.3. The van der Waals surface area contributed by atoms with Crippen LogP contribution in [0.3, 0.4) is 0 Å². The average molecular weight is 371 g/mol. The van der Waals surface area contributed by atoms with Crippen molar-refractivity contribution in [1.82, 2.24) is 0 Å². The molecule has 5 heteroatoms. The van der Waals surface area contributed by atoms with Crippen LogP contribution < -0.4 is 0 Å². The third kappa shape index (κ3) is 4.90. The molecular formula is C19H38O3Si2. The Morgan fingerprint density at radius 1 is 0.833 bits per heavy atom. The van der Waals surface area contributed by atoms with Gasteiger partial charge >= 0.3 is 0 Å². The first kappa shape index (κ1) is 21.8. The number of rotatable bonds is 4. The van der Waals surface area contributed by atoms with Crippen LogP contribution in [-0.4, -0.2) is 34.6 Å². The first-order valence-corrected chi connectivity index (χ1v) is 14.9. The highest BCUT2D eigenvalue weighted by atomic mass is 28.4. The summed E-state index contributed by atoms with van der Waals surface area (Å²) in [6.45, 7) is 26.5. The average Bonchev–Trinajstić information content (AvgIpc) is 2.31. The van der Waals surface area contributed by atoms with Crippen LogP contribution in [0.25, 0.3) is 0 Å². The molecule has 0 bridgehead atoms. The smallest absolute Gasteiger partial charge is 0.192 e. The Morgan fingerprint density at radius 3 is 1.38 bits per heavy atom. The van der Waals surface area contributed by atoms with Crippen molar-refractivity contribution in [1.29, 1.82) is 0 Å². The van der Waals surface area contributed by atoms with Crippen molar-refractivity contribution in [2.45, 2.75) is 103 Å². The molecular weight excluding hydrogens is 332 g/mol. The van der Waals surface area contributed by atoms with E-state index in [-0.39, 0.29) is 28.1 Å². The lowest BCUT2D eigenvalue weighted by Gasteiger charge is -2.45. The summed E-state index contributed by atoms with van der Waals surface area (Å²) in [5.41, 5.74) is 0.962. The van der Waals surface area contributed by atoms with Crippen molar-refractivity contribution in [3.05, 3.63) is 12.2 Å². The van der Waals surface area contributed by atoms with Crippen LogP contribution in [0, 0.1) is 0 Å². The molecule has 0 heterocycles. The maximum Gasteiger partial charge on any atom is 0.192 e. The largest absolute Gasteiger partial charge is 0.410 e. The van der Waals surface area contributed by atoms with Gasteiger partial charge in [-0.25, -0.2) is 0 Å². The number of Topliss-reactive ketones (excluding diaryl/α,β-unsaturated/α-hetero) is 1. The molecule has 2 atom stereocenters. The highest BCUT2D eigenvalue weighted by molar-refractivity contribution is 6.74. The lowest BCUT2D eigenvalue weighted by Crippen LogP contribution is -2.50. The van der Waals surface area contributed by atoms with Crippen molar-refractivity contribution in [3.8, 4) is 0 Å². The fourth-order valence-corrected chi connectivity index (χ4v) is 4.87. The first-order valence-electron chi connectivity index (χ1n) is 9.04. The predicted octanol–water partition coefficient (Wildman–Crippen LogP) is 5.69. The van der Waals surface area contributed by atoms with Gasteiger partial charge in [0.15, 0.2) is 16.6 Å². The monoisotopic (exact) mass is 370 g/mol. The van der Waals surface area contributed by atoms with E-state index in [0.29, 0.717) is 12.8 Å². The molecule has 0 spiro atoms. The molecule has 1 fully saturated rings. The molecule has 0 aromatic rings. The maximum atomic E-state index is 12.3. The molecule has 0 saturated heterocycles. The van der Waals surface area contributed by atoms with Crippen LogP contribution in [0.15, 0.2) is 12.2 Å². The molecule has 0 radical (unpaired) electrons. The van der Waals surface area contributed by atoms with Gasteiger partial charge in [-0.15, -0.1) is 0 Å². The Labute approximate surface area is 151 Å². The molecule has 0 N–H and O–H groups in total. The van der Waals surface area contributed by atoms with E-state index in [0.717, 1.165) is 5.57 Å². The summed E-state index contributed by atoms with van der Waals surface area (Å²) in [5.74, 6) is 0.231. The van der Waals surface area contributed by atoms with E-state index in [4.69, 9.17) is 8.85 Å². The van der Waals surface area contributed by atoms with Crippen LogP contribution in [0.1, 0.15) is 54.4 Å². The van der Waals surface area contributed by atoms with Gasteiger partial charge in [0.25, 0.3) is 0 Å². The normalized spacial score (nSPS) is 24.4. The molecule has 0 aromatic heterocycles. The van der Waals surface area contributed by atoms with Gasteiger partial charge in [-0.1, -0.05) is 48.1 Å². The molecule has 3 nitrogen and oxygen atoms in total. The van der Waals surface area contributed by atoms with Gasteiger partial charge in [0.1, 0.15) is 5.78 Å². The molecule has 0 unspecified atom stereocenters. The molecule has 1 aliphatic carbocycles. The van der Waals surface area contributed by atoms with Crippen LogP contribution in [0.5, 0.6) is 0 Å². The minimum atomic E-state index is -1.95. The van der Waals surface area contributed by atoms with Crippen molar-refractivity contribution in [3.63, 3.8) is 0 Å². The van der Waals surface area contributed by atoms with Gasteiger partial charge in [0.05, 0.1) is 12.2 Å². The van der Waals surface area contributed by atoms with Gasteiger partial charge < -0.3 is 8.85 Å². The van der Waals surface area contributed by atoms with E-state index >= 15 is 0 Å². The molecule has 24 heavy (non-hydrogen) atoms. The second-order valence-electron chi connectivity index (χ2n) is 10.3. The Bertz CT molecular complexity index is 454. The Balaban J connectivity index is 2.97. The zero-order valence-electron chi connectivity index (χ0n) is 17.5. The highest BCUT2D eigenvalue weighted by Crippen LogP contribution is 2.42. The van der Waals surface area contributed by atoms with Crippen molar-refractivity contribution >= 4 is 22.4 Å². The summed E-state index contributed by atoms with van der Waals surface area (Å²) in [5, 5.41) is 0.229. The summed E-state index contributed by atoms with van der Waals surface area (Å²) >= 11 is 0. The molecule has 0 aliphatic heterocycles. The predicted molar refractivity (Wildman–Crippen MR) is 108 cm³/mol. The van der Waals surface area contributed by atoms with Crippen molar-refractivity contribution in [2.24, 2.45) is 0 Å².